The van der Waals surface area contributed by atoms with Crippen molar-refractivity contribution in [1.29, 1.82) is 0 Å². The Labute approximate surface area is 124 Å². The molecule has 2 aromatic heterocycles. The van der Waals surface area contributed by atoms with Crippen LogP contribution in [-0.4, -0.2) is 22.7 Å². The number of carbonyl (C=O) groups is 1. The van der Waals surface area contributed by atoms with Crippen molar-refractivity contribution in [3.8, 4) is 5.88 Å². The fourth-order valence-electron chi connectivity index (χ4n) is 1.71. The molecule has 0 spiro atoms. The highest BCUT2D eigenvalue weighted by atomic mass is 32.1. The summed E-state index contributed by atoms with van der Waals surface area (Å²) in [6, 6.07) is 9.37. The highest BCUT2D eigenvalue weighted by molar-refractivity contribution is 7.18. The molecule has 1 aromatic carbocycles. The summed E-state index contributed by atoms with van der Waals surface area (Å²) in [5.74, 6) is 0.409. The fraction of sp³-hybridized carbons (Fsp3) is 0.214. The molecule has 108 valence electrons. The van der Waals surface area contributed by atoms with Crippen LogP contribution in [0.3, 0.4) is 0 Å². The van der Waals surface area contributed by atoms with E-state index in [1.165, 1.54) is 11.3 Å². The Hall–Kier alpha value is -2.41. The van der Waals surface area contributed by atoms with Crippen LogP contribution in [0.5, 0.6) is 5.88 Å². The first kappa shape index (κ1) is 13.6. The molecule has 3 aromatic rings. The Morgan fingerprint density at radius 3 is 3.00 bits per heavy atom. The lowest BCUT2D eigenvalue weighted by Gasteiger charge is -2.02. The Bertz CT molecular complexity index is 732. The third-order valence-corrected chi connectivity index (χ3v) is 3.65. The number of benzene rings is 1. The largest absolute Gasteiger partial charge is 0.463 e. The zero-order chi connectivity index (χ0) is 14.7. The number of thiazole rings is 1. The molecule has 3 rings (SSSR count). The number of ether oxygens (including phenoxy) is 2. The van der Waals surface area contributed by atoms with E-state index in [1.807, 2.05) is 24.3 Å². The van der Waals surface area contributed by atoms with E-state index in [-0.39, 0.29) is 19.1 Å². The summed E-state index contributed by atoms with van der Waals surface area (Å²) in [5.41, 5.74) is 0.905. The lowest BCUT2D eigenvalue weighted by Crippen LogP contribution is -2.14. The number of nitrogens with zero attached hydrogens (tertiary/aromatic N) is 2. The van der Waals surface area contributed by atoms with Gasteiger partial charge in [-0.25, -0.2) is 9.78 Å². The van der Waals surface area contributed by atoms with E-state index in [0.717, 1.165) is 15.2 Å². The van der Waals surface area contributed by atoms with E-state index >= 15 is 0 Å². The molecule has 6 nitrogen and oxygen atoms in total. The van der Waals surface area contributed by atoms with Crippen LogP contribution in [-0.2, 0) is 16.1 Å². The number of hydrogen-bond donors (Lipinski definition) is 0. The van der Waals surface area contributed by atoms with Crippen molar-refractivity contribution in [3.05, 3.63) is 41.1 Å². The van der Waals surface area contributed by atoms with Crippen LogP contribution >= 0.6 is 11.3 Å². The van der Waals surface area contributed by atoms with Crippen molar-refractivity contribution in [2.24, 2.45) is 0 Å². The Balaban J connectivity index is 1.51. The van der Waals surface area contributed by atoms with Crippen LogP contribution in [0.25, 0.3) is 10.2 Å². The monoisotopic (exact) mass is 304 g/mol. The molecule has 21 heavy (non-hydrogen) atoms. The smallest absolute Gasteiger partial charge is 0.344 e. The number of aryl methyl sites for hydroxylation is 1. The van der Waals surface area contributed by atoms with Gasteiger partial charge in [0.2, 0.25) is 0 Å². The predicted molar refractivity (Wildman–Crippen MR) is 76.2 cm³/mol. The predicted octanol–water partition coefficient (Wildman–Crippen LogP) is 2.71. The fourth-order valence-corrected chi connectivity index (χ4v) is 2.59. The molecule has 0 radical (unpaired) electrons. The molecule has 0 aliphatic rings. The first-order chi connectivity index (χ1) is 10.2. The van der Waals surface area contributed by atoms with Crippen molar-refractivity contribution in [3.63, 3.8) is 0 Å². The lowest BCUT2D eigenvalue weighted by atomic mass is 10.3. The number of carbonyl (C=O) groups excluding carboxylic acids is 1. The summed E-state index contributed by atoms with van der Waals surface area (Å²) in [7, 11) is 0. The Kier molecular flexibility index (Phi) is 3.83. The molecule has 2 heterocycles. The van der Waals surface area contributed by atoms with Gasteiger partial charge in [-0.1, -0.05) is 12.1 Å². The number of hydrogen-bond acceptors (Lipinski definition) is 7. The maximum Gasteiger partial charge on any atom is 0.344 e. The molecule has 0 aliphatic heterocycles. The number of fused-ring (bicyclic) bond motifs is 1. The van der Waals surface area contributed by atoms with Crippen LogP contribution in [0.15, 0.2) is 34.9 Å². The summed E-state index contributed by atoms with van der Waals surface area (Å²) < 4.78 is 16.1. The first-order valence-corrected chi connectivity index (χ1v) is 7.08. The van der Waals surface area contributed by atoms with Crippen molar-refractivity contribution < 1.29 is 18.8 Å². The molecule has 0 N–H and O–H groups in total. The Morgan fingerprint density at radius 2 is 2.24 bits per heavy atom. The Morgan fingerprint density at radius 1 is 1.38 bits per heavy atom. The molecule has 0 aliphatic carbocycles. The van der Waals surface area contributed by atoms with E-state index in [2.05, 4.69) is 10.1 Å². The molecule has 0 bridgehead atoms. The highest BCUT2D eigenvalue weighted by Gasteiger charge is 2.09. The molecular formula is C14H12N2O4S. The van der Waals surface area contributed by atoms with Crippen LogP contribution in [0.4, 0.5) is 0 Å². The normalized spacial score (nSPS) is 10.7. The molecule has 0 amide bonds. The van der Waals surface area contributed by atoms with Gasteiger partial charge in [-0.3, -0.25) is 0 Å². The van der Waals surface area contributed by atoms with Crippen LogP contribution < -0.4 is 4.74 Å². The number of para-hydroxylation sites is 1. The van der Waals surface area contributed by atoms with E-state index in [1.54, 1.807) is 13.0 Å². The topological polar surface area (TPSA) is 74.5 Å². The average molecular weight is 304 g/mol. The minimum absolute atomic E-state index is 0.138. The van der Waals surface area contributed by atoms with Gasteiger partial charge in [0.1, 0.15) is 17.4 Å². The van der Waals surface area contributed by atoms with Crippen LogP contribution in [0.2, 0.25) is 0 Å². The molecule has 0 fully saturated rings. The van der Waals surface area contributed by atoms with Gasteiger partial charge in [-0.15, -0.1) is 11.3 Å². The minimum atomic E-state index is -0.477. The second kappa shape index (κ2) is 5.92. The van der Waals surface area contributed by atoms with Gasteiger partial charge >= 0.3 is 5.97 Å². The average Bonchev–Trinajstić information content (AvgIpc) is 3.08. The highest BCUT2D eigenvalue weighted by Crippen LogP contribution is 2.22. The summed E-state index contributed by atoms with van der Waals surface area (Å²) in [6.07, 6.45) is 0. The van der Waals surface area contributed by atoms with E-state index in [4.69, 9.17) is 14.0 Å². The third kappa shape index (κ3) is 3.38. The second-order valence-corrected chi connectivity index (χ2v) is 5.42. The van der Waals surface area contributed by atoms with E-state index in [0.29, 0.717) is 5.76 Å². The third-order valence-electron chi connectivity index (χ3n) is 2.64. The van der Waals surface area contributed by atoms with Gasteiger partial charge in [0, 0.05) is 6.07 Å². The van der Waals surface area contributed by atoms with Crippen molar-refractivity contribution in [2.45, 2.75) is 13.5 Å². The summed E-state index contributed by atoms with van der Waals surface area (Å²) in [6.45, 7) is 1.67. The zero-order valence-corrected chi connectivity index (χ0v) is 12.1. The van der Waals surface area contributed by atoms with Crippen molar-refractivity contribution in [1.82, 2.24) is 10.1 Å². The van der Waals surface area contributed by atoms with Gasteiger partial charge in [0.05, 0.1) is 10.2 Å². The maximum absolute atomic E-state index is 11.6. The van der Waals surface area contributed by atoms with Gasteiger partial charge < -0.3 is 14.0 Å². The molecule has 0 saturated carbocycles. The quantitative estimate of drug-likeness (QED) is 0.675. The molecular weight excluding hydrogens is 292 g/mol. The first-order valence-electron chi connectivity index (χ1n) is 6.27. The van der Waals surface area contributed by atoms with E-state index < -0.39 is 5.97 Å². The van der Waals surface area contributed by atoms with Gasteiger partial charge in [-0.2, -0.15) is 0 Å². The van der Waals surface area contributed by atoms with Crippen molar-refractivity contribution in [2.75, 3.05) is 6.61 Å². The number of aromatic nitrogens is 2. The van der Waals surface area contributed by atoms with Gasteiger partial charge in [0.15, 0.2) is 6.61 Å². The SMILES string of the molecule is Cc1cc(OCC(=O)OCc2nc3ccccc3s2)no1. The standard InChI is InChI=1S/C14H12N2O4S/c1-9-6-12(16-20-9)18-8-14(17)19-7-13-15-10-4-2-3-5-11(10)21-13/h2-6H,7-8H2,1H3. The van der Waals surface area contributed by atoms with E-state index in [9.17, 15) is 4.79 Å². The summed E-state index contributed by atoms with van der Waals surface area (Å²) in [4.78, 5) is 16.0. The molecule has 0 saturated heterocycles. The van der Waals surface area contributed by atoms with Crippen LogP contribution in [0.1, 0.15) is 10.8 Å². The molecule has 0 atom stereocenters. The molecule has 0 unspecified atom stereocenters. The van der Waals surface area contributed by atoms with Crippen molar-refractivity contribution >= 4 is 27.5 Å². The number of rotatable bonds is 5. The molecule has 7 heteroatoms. The second-order valence-electron chi connectivity index (χ2n) is 4.30. The lowest BCUT2D eigenvalue weighted by molar-refractivity contribution is -0.147. The minimum Gasteiger partial charge on any atom is -0.463 e. The number of esters is 1. The zero-order valence-electron chi connectivity index (χ0n) is 11.2. The summed E-state index contributed by atoms with van der Waals surface area (Å²) in [5, 5.41) is 4.37. The summed E-state index contributed by atoms with van der Waals surface area (Å²) >= 11 is 1.50. The van der Waals surface area contributed by atoms with Crippen LogP contribution in [0, 0.1) is 6.92 Å². The van der Waals surface area contributed by atoms with Gasteiger partial charge in [0.25, 0.3) is 5.88 Å². The van der Waals surface area contributed by atoms with Gasteiger partial charge in [-0.05, 0) is 24.2 Å². The maximum atomic E-state index is 11.6.